The Bertz CT molecular complexity index is 1400. The van der Waals surface area contributed by atoms with Gasteiger partial charge >= 0.3 is 0 Å². The standard InChI is InChI=1S/C25H22BrN3O3S/c1-31-20-12-17(11-19(26)23(20)32-14-16-7-3-2-4-8-16)13-28-29-15-27-24-22(25(29)30)18-9-5-6-10-21(18)33-24/h2-4,7-8,11-13,15H,5-6,9-10,14H2,1H3/b28-13-. The molecular weight excluding hydrogens is 502 g/mol. The first-order valence-electron chi connectivity index (χ1n) is 10.7. The smallest absolute Gasteiger partial charge is 0.282 e. The van der Waals surface area contributed by atoms with Crippen LogP contribution in [0.5, 0.6) is 11.5 Å². The molecule has 1 aliphatic rings. The van der Waals surface area contributed by atoms with E-state index in [0.29, 0.717) is 18.1 Å². The van der Waals surface area contributed by atoms with Crippen LogP contribution >= 0.6 is 27.3 Å². The number of halogens is 1. The Kier molecular flexibility index (Phi) is 6.28. The quantitative estimate of drug-likeness (QED) is 0.310. The van der Waals surface area contributed by atoms with Gasteiger partial charge in [-0.1, -0.05) is 30.3 Å². The summed E-state index contributed by atoms with van der Waals surface area (Å²) < 4.78 is 13.6. The van der Waals surface area contributed by atoms with E-state index in [9.17, 15) is 4.79 Å². The first kappa shape index (κ1) is 21.9. The topological polar surface area (TPSA) is 65.7 Å². The Balaban J connectivity index is 1.42. The van der Waals surface area contributed by atoms with Crippen LogP contribution in [0.15, 0.2) is 63.2 Å². The van der Waals surface area contributed by atoms with Gasteiger partial charge in [0.2, 0.25) is 0 Å². The van der Waals surface area contributed by atoms with Crippen LogP contribution in [0, 0.1) is 0 Å². The molecule has 0 bridgehead atoms. The summed E-state index contributed by atoms with van der Waals surface area (Å²) in [5.74, 6) is 1.19. The average Bonchev–Trinajstić information content (AvgIpc) is 3.22. The maximum absolute atomic E-state index is 13.1. The molecule has 0 aliphatic heterocycles. The van der Waals surface area contributed by atoms with Crippen LogP contribution in [0.1, 0.15) is 34.4 Å². The van der Waals surface area contributed by atoms with E-state index >= 15 is 0 Å². The highest BCUT2D eigenvalue weighted by atomic mass is 79.9. The molecule has 5 rings (SSSR count). The van der Waals surface area contributed by atoms with Crippen molar-refractivity contribution < 1.29 is 9.47 Å². The zero-order valence-electron chi connectivity index (χ0n) is 18.1. The molecule has 2 aromatic heterocycles. The second-order valence-corrected chi connectivity index (χ2v) is 9.78. The molecule has 0 unspecified atom stereocenters. The molecule has 0 atom stereocenters. The van der Waals surface area contributed by atoms with Gasteiger partial charge in [-0.15, -0.1) is 11.3 Å². The van der Waals surface area contributed by atoms with E-state index in [0.717, 1.165) is 50.6 Å². The van der Waals surface area contributed by atoms with Gasteiger partial charge in [-0.2, -0.15) is 9.78 Å². The van der Waals surface area contributed by atoms with Crippen LogP contribution in [-0.4, -0.2) is 23.0 Å². The van der Waals surface area contributed by atoms with Gasteiger partial charge in [0.25, 0.3) is 5.56 Å². The van der Waals surface area contributed by atoms with Gasteiger partial charge in [0.15, 0.2) is 11.5 Å². The van der Waals surface area contributed by atoms with Crippen molar-refractivity contribution in [3.05, 3.63) is 85.2 Å². The van der Waals surface area contributed by atoms with Crippen LogP contribution in [-0.2, 0) is 19.4 Å². The van der Waals surface area contributed by atoms with Crippen LogP contribution in [0.2, 0.25) is 0 Å². The third kappa shape index (κ3) is 4.45. The van der Waals surface area contributed by atoms with Crippen molar-refractivity contribution in [2.75, 3.05) is 7.11 Å². The lowest BCUT2D eigenvalue weighted by atomic mass is 9.97. The molecule has 2 heterocycles. The Morgan fingerprint density at radius 3 is 2.85 bits per heavy atom. The van der Waals surface area contributed by atoms with Crippen molar-refractivity contribution in [3.63, 3.8) is 0 Å². The predicted molar refractivity (Wildman–Crippen MR) is 135 cm³/mol. The Labute approximate surface area is 203 Å². The van der Waals surface area contributed by atoms with Crippen LogP contribution in [0.3, 0.4) is 0 Å². The van der Waals surface area contributed by atoms with Crippen LogP contribution in [0.25, 0.3) is 10.2 Å². The molecule has 168 valence electrons. The summed E-state index contributed by atoms with van der Waals surface area (Å²) in [6.45, 7) is 0.426. The predicted octanol–water partition coefficient (Wildman–Crippen LogP) is 5.57. The van der Waals surface area contributed by atoms with Gasteiger partial charge in [-0.05, 0) is 70.4 Å². The third-order valence-electron chi connectivity index (χ3n) is 5.67. The highest BCUT2D eigenvalue weighted by molar-refractivity contribution is 9.10. The first-order chi connectivity index (χ1) is 16.1. The molecule has 0 radical (unpaired) electrons. The van der Waals surface area contributed by atoms with Gasteiger partial charge in [0, 0.05) is 4.88 Å². The number of hydrogen-bond acceptors (Lipinski definition) is 6. The molecular formula is C25H22BrN3O3S. The fraction of sp³-hybridized carbons (Fsp3) is 0.240. The maximum atomic E-state index is 13.1. The van der Waals surface area contributed by atoms with Crippen molar-refractivity contribution in [3.8, 4) is 11.5 Å². The largest absolute Gasteiger partial charge is 0.493 e. The molecule has 0 saturated carbocycles. The van der Waals surface area contributed by atoms with E-state index in [-0.39, 0.29) is 5.56 Å². The molecule has 0 fully saturated rings. The Morgan fingerprint density at radius 1 is 1.21 bits per heavy atom. The average molecular weight is 524 g/mol. The summed E-state index contributed by atoms with van der Waals surface area (Å²) in [5, 5.41) is 5.12. The molecule has 1 aliphatic carbocycles. The number of thiophene rings is 1. The second kappa shape index (κ2) is 9.49. The number of methoxy groups -OCH3 is 1. The highest BCUT2D eigenvalue weighted by Gasteiger charge is 2.20. The fourth-order valence-corrected chi connectivity index (χ4v) is 5.83. The lowest BCUT2D eigenvalue weighted by Crippen LogP contribution is -2.18. The van der Waals surface area contributed by atoms with Gasteiger partial charge in [0.1, 0.15) is 17.8 Å². The lowest BCUT2D eigenvalue weighted by molar-refractivity contribution is 0.282. The summed E-state index contributed by atoms with van der Waals surface area (Å²) in [6, 6.07) is 13.7. The normalized spacial score (nSPS) is 13.4. The lowest BCUT2D eigenvalue weighted by Gasteiger charge is -2.13. The van der Waals surface area contributed by atoms with E-state index in [2.05, 4.69) is 26.0 Å². The summed E-state index contributed by atoms with van der Waals surface area (Å²) in [4.78, 5) is 19.7. The minimum Gasteiger partial charge on any atom is -0.493 e. The highest BCUT2D eigenvalue weighted by Crippen LogP contribution is 2.37. The molecule has 2 aromatic carbocycles. The van der Waals surface area contributed by atoms with Crippen molar-refractivity contribution >= 4 is 43.7 Å². The minimum atomic E-state index is -0.121. The molecule has 33 heavy (non-hydrogen) atoms. The van der Waals surface area contributed by atoms with Gasteiger partial charge < -0.3 is 9.47 Å². The number of hydrogen-bond donors (Lipinski definition) is 0. The van der Waals surface area contributed by atoms with Crippen LogP contribution < -0.4 is 15.0 Å². The van der Waals surface area contributed by atoms with Gasteiger partial charge in [-0.3, -0.25) is 4.79 Å². The number of aryl methyl sites for hydroxylation is 2. The molecule has 0 saturated heterocycles. The fourth-order valence-electron chi connectivity index (χ4n) is 4.03. The molecule has 0 spiro atoms. The van der Waals surface area contributed by atoms with Crippen molar-refractivity contribution in [1.29, 1.82) is 0 Å². The molecule has 0 amide bonds. The van der Waals surface area contributed by atoms with Crippen molar-refractivity contribution in [1.82, 2.24) is 9.66 Å². The Morgan fingerprint density at radius 2 is 2.03 bits per heavy atom. The zero-order chi connectivity index (χ0) is 22.8. The van der Waals surface area contributed by atoms with E-state index in [1.807, 2.05) is 42.5 Å². The third-order valence-corrected chi connectivity index (χ3v) is 7.46. The molecule has 6 nitrogen and oxygen atoms in total. The molecule has 8 heteroatoms. The summed E-state index contributed by atoms with van der Waals surface area (Å²) in [6.07, 6.45) is 7.38. The van der Waals surface area contributed by atoms with E-state index in [4.69, 9.17) is 9.47 Å². The number of nitrogens with zero attached hydrogens (tertiary/aromatic N) is 3. The monoisotopic (exact) mass is 523 g/mol. The van der Waals surface area contributed by atoms with E-state index < -0.39 is 0 Å². The number of aromatic nitrogens is 2. The van der Waals surface area contributed by atoms with Crippen molar-refractivity contribution in [2.24, 2.45) is 5.10 Å². The number of benzene rings is 2. The minimum absolute atomic E-state index is 0.121. The molecule has 4 aromatic rings. The second-order valence-electron chi connectivity index (χ2n) is 7.84. The summed E-state index contributed by atoms with van der Waals surface area (Å²) in [7, 11) is 1.60. The van der Waals surface area contributed by atoms with Gasteiger partial charge in [0.05, 0.1) is 23.2 Å². The van der Waals surface area contributed by atoms with Crippen LogP contribution in [0.4, 0.5) is 0 Å². The molecule has 0 N–H and O–H groups in total. The first-order valence-corrected chi connectivity index (χ1v) is 12.4. The van der Waals surface area contributed by atoms with Crippen molar-refractivity contribution in [2.45, 2.75) is 32.3 Å². The van der Waals surface area contributed by atoms with Gasteiger partial charge in [-0.25, -0.2) is 4.98 Å². The summed E-state index contributed by atoms with van der Waals surface area (Å²) >= 11 is 5.21. The SMILES string of the molecule is COc1cc(/C=N\n2cnc3sc4c(c3c2=O)CCCC4)cc(Br)c1OCc1ccccc1. The summed E-state index contributed by atoms with van der Waals surface area (Å²) in [5.41, 5.74) is 2.87. The van der Waals surface area contributed by atoms with E-state index in [1.165, 1.54) is 22.3 Å². The maximum Gasteiger partial charge on any atom is 0.282 e. The van der Waals surface area contributed by atoms with E-state index in [1.54, 1.807) is 24.7 Å². The number of rotatable bonds is 6. The Hall–Kier alpha value is -2.97. The number of ether oxygens (including phenoxy) is 2. The number of fused-ring (bicyclic) bond motifs is 3. The zero-order valence-corrected chi connectivity index (χ0v) is 20.5.